The van der Waals surface area contributed by atoms with Crippen LogP contribution in [0.5, 0.6) is 0 Å². The summed E-state index contributed by atoms with van der Waals surface area (Å²) in [6, 6.07) is 10.5. The van der Waals surface area contributed by atoms with Gasteiger partial charge in [0, 0.05) is 22.3 Å². The van der Waals surface area contributed by atoms with E-state index in [2.05, 4.69) is 0 Å². The highest BCUT2D eigenvalue weighted by molar-refractivity contribution is 6.67. The monoisotopic (exact) mass is 526 g/mol. The Kier molecular flexibility index (Phi) is 7.53. The van der Waals surface area contributed by atoms with E-state index in [0.29, 0.717) is 11.1 Å². The second-order valence-electron chi connectivity index (χ2n) is 9.35. The largest absolute Gasteiger partial charge is 0.289 e. The fraction of sp³-hybridized carbons (Fsp3) is 0.435. The molecule has 2 aromatic rings. The lowest BCUT2D eigenvalue weighted by Crippen LogP contribution is -2.20. The van der Waals surface area contributed by atoms with Crippen LogP contribution >= 0.6 is 69.6 Å². The third-order valence-electron chi connectivity index (χ3n) is 4.87. The van der Waals surface area contributed by atoms with Gasteiger partial charge in [-0.1, -0.05) is 148 Å². The standard InChI is InChI=1S/C23H24Cl6O/c1-20(2,3)13-7-9-15(17(11-13)22(24,25)26)19(30)16-10-8-14(21(4,5)6)12-18(16)23(27,28)29/h7-12H,1-6H3. The maximum absolute atomic E-state index is 13.6. The Morgan fingerprint density at radius 1 is 0.600 bits per heavy atom. The van der Waals surface area contributed by atoms with Crippen molar-refractivity contribution < 1.29 is 4.79 Å². The number of alkyl halides is 6. The summed E-state index contributed by atoms with van der Waals surface area (Å²) in [4.78, 5) is 13.6. The first kappa shape index (κ1) is 26.1. The van der Waals surface area contributed by atoms with Gasteiger partial charge in [0.1, 0.15) is 0 Å². The number of carbonyl (C=O) groups excluding carboxylic acids is 1. The van der Waals surface area contributed by atoms with E-state index in [1.807, 2.05) is 53.7 Å². The Morgan fingerprint density at radius 3 is 1.13 bits per heavy atom. The lowest BCUT2D eigenvalue weighted by atomic mass is 9.83. The molecular weight excluding hydrogens is 505 g/mol. The molecule has 0 bridgehead atoms. The van der Waals surface area contributed by atoms with E-state index in [1.54, 1.807) is 24.3 Å². The van der Waals surface area contributed by atoms with Crippen LogP contribution in [0.2, 0.25) is 0 Å². The summed E-state index contributed by atoms with van der Waals surface area (Å²) in [5.41, 5.74) is 2.58. The Hall–Kier alpha value is -0.150. The predicted octanol–water partition coefficient (Wildman–Crippen LogP) is 9.17. The number of hydrogen-bond donors (Lipinski definition) is 0. The number of benzene rings is 2. The zero-order valence-corrected chi connectivity index (χ0v) is 22.2. The van der Waals surface area contributed by atoms with Crippen molar-refractivity contribution in [3.8, 4) is 0 Å². The molecule has 0 unspecified atom stereocenters. The van der Waals surface area contributed by atoms with Crippen LogP contribution in [0.4, 0.5) is 0 Å². The van der Waals surface area contributed by atoms with E-state index in [0.717, 1.165) is 11.1 Å². The van der Waals surface area contributed by atoms with Gasteiger partial charge < -0.3 is 0 Å². The van der Waals surface area contributed by atoms with Crippen LogP contribution in [0.15, 0.2) is 36.4 Å². The predicted molar refractivity (Wildman–Crippen MR) is 132 cm³/mol. The first-order valence-electron chi connectivity index (χ1n) is 9.31. The number of ketones is 1. The lowest BCUT2D eigenvalue weighted by Gasteiger charge is -2.25. The van der Waals surface area contributed by atoms with Gasteiger partial charge in [0.2, 0.25) is 7.59 Å². The van der Waals surface area contributed by atoms with Gasteiger partial charge in [-0.15, -0.1) is 0 Å². The zero-order valence-electron chi connectivity index (χ0n) is 17.6. The minimum Gasteiger partial charge on any atom is -0.289 e. The van der Waals surface area contributed by atoms with Gasteiger partial charge >= 0.3 is 0 Å². The van der Waals surface area contributed by atoms with E-state index in [9.17, 15) is 4.79 Å². The molecule has 0 heterocycles. The van der Waals surface area contributed by atoms with Crippen LogP contribution in [-0.4, -0.2) is 5.78 Å². The molecule has 7 heteroatoms. The van der Waals surface area contributed by atoms with E-state index in [-0.39, 0.29) is 27.7 Å². The molecule has 0 spiro atoms. The maximum Gasteiger partial charge on any atom is 0.216 e. The highest BCUT2D eigenvalue weighted by Crippen LogP contribution is 2.45. The topological polar surface area (TPSA) is 17.1 Å². The molecule has 0 amide bonds. The molecule has 0 aliphatic heterocycles. The molecular formula is C23H24Cl6O. The van der Waals surface area contributed by atoms with Gasteiger partial charge in [-0.05, 0) is 22.0 Å². The van der Waals surface area contributed by atoms with Crippen molar-refractivity contribution in [1.29, 1.82) is 0 Å². The third kappa shape index (κ3) is 6.00. The first-order valence-corrected chi connectivity index (χ1v) is 11.6. The summed E-state index contributed by atoms with van der Waals surface area (Å²) < 4.78 is -3.59. The Morgan fingerprint density at radius 2 is 0.900 bits per heavy atom. The highest BCUT2D eigenvalue weighted by atomic mass is 35.6. The maximum atomic E-state index is 13.6. The van der Waals surface area contributed by atoms with Gasteiger partial charge in [-0.25, -0.2) is 0 Å². The average Bonchev–Trinajstić information content (AvgIpc) is 2.57. The summed E-state index contributed by atoms with van der Waals surface area (Å²) in [7, 11) is 0. The molecule has 2 rings (SSSR count). The van der Waals surface area contributed by atoms with Crippen molar-refractivity contribution in [3.05, 3.63) is 69.8 Å². The van der Waals surface area contributed by atoms with E-state index in [1.165, 1.54) is 0 Å². The summed E-state index contributed by atoms with van der Waals surface area (Å²) >= 11 is 37.4. The van der Waals surface area contributed by atoms with Crippen LogP contribution < -0.4 is 0 Å². The van der Waals surface area contributed by atoms with Crippen LogP contribution in [0.25, 0.3) is 0 Å². The fourth-order valence-corrected chi connectivity index (χ4v) is 3.97. The molecule has 0 fully saturated rings. The lowest BCUT2D eigenvalue weighted by molar-refractivity contribution is 0.103. The second-order valence-corrected chi connectivity index (χ2v) is 13.9. The molecule has 0 atom stereocenters. The smallest absolute Gasteiger partial charge is 0.216 e. The molecule has 0 aliphatic rings. The van der Waals surface area contributed by atoms with Crippen LogP contribution in [0, 0.1) is 0 Å². The molecule has 2 aromatic carbocycles. The van der Waals surface area contributed by atoms with Crippen molar-refractivity contribution in [2.75, 3.05) is 0 Å². The summed E-state index contributed by atoms with van der Waals surface area (Å²) in [6.45, 7) is 12.2. The van der Waals surface area contributed by atoms with Crippen LogP contribution in [0.1, 0.15) is 79.7 Å². The quantitative estimate of drug-likeness (QED) is 0.280. The molecule has 0 radical (unpaired) electrons. The molecule has 0 saturated carbocycles. The highest BCUT2D eigenvalue weighted by Gasteiger charge is 2.35. The average molecular weight is 529 g/mol. The molecule has 0 aliphatic carbocycles. The molecule has 30 heavy (non-hydrogen) atoms. The number of rotatable bonds is 2. The normalized spacial score (nSPS) is 13.5. The summed E-state index contributed by atoms with van der Waals surface area (Å²) in [5.74, 6) is -0.376. The summed E-state index contributed by atoms with van der Waals surface area (Å²) in [6.07, 6.45) is 0. The van der Waals surface area contributed by atoms with Crippen molar-refractivity contribution in [3.63, 3.8) is 0 Å². The molecule has 0 N–H and O–H groups in total. The summed E-state index contributed by atoms with van der Waals surface area (Å²) in [5, 5.41) is 0. The number of hydrogen-bond acceptors (Lipinski definition) is 1. The van der Waals surface area contributed by atoms with Gasteiger partial charge in [0.05, 0.1) is 0 Å². The molecule has 1 nitrogen and oxygen atoms in total. The zero-order chi connectivity index (χ0) is 23.3. The SMILES string of the molecule is CC(C)(C)c1ccc(C(=O)c2ccc(C(C)(C)C)cc2C(Cl)(Cl)Cl)c(C(Cl)(Cl)Cl)c1. The van der Waals surface area contributed by atoms with Crippen molar-refractivity contribution in [2.45, 2.75) is 60.0 Å². The number of halogens is 6. The van der Waals surface area contributed by atoms with Crippen molar-refractivity contribution in [2.24, 2.45) is 0 Å². The fourth-order valence-electron chi connectivity index (χ4n) is 3.03. The van der Waals surface area contributed by atoms with Crippen LogP contribution in [0.3, 0.4) is 0 Å². The molecule has 164 valence electrons. The first-order chi connectivity index (χ1) is 13.3. The Balaban J connectivity index is 2.74. The van der Waals surface area contributed by atoms with E-state index >= 15 is 0 Å². The van der Waals surface area contributed by atoms with Gasteiger partial charge in [0.15, 0.2) is 5.78 Å². The van der Waals surface area contributed by atoms with Crippen LogP contribution in [-0.2, 0) is 18.4 Å². The van der Waals surface area contributed by atoms with E-state index < -0.39 is 7.59 Å². The molecule has 0 aromatic heterocycles. The second kappa shape index (κ2) is 8.65. The minimum absolute atomic E-state index is 0.191. The number of carbonyl (C=O) groups is 1. The van der Waals surface area contributed by atoms with Gasteiger partial charge in [0.25, 0.3) is 0 Å². The van der Waals surface area contributed by atoms with Crippen molar-refractivity contribution in [1.82, 2.24) is 0 Å². The third-order valence-corrected chi connectivity index (χ3v) is 6.09. The Labute approximate surface area is 208 Å². The van der Waals surface area contributed by atoms with Gasteiger partial charge in [-0.2, -0.15) is 0 Å². The van der Waals surface area contributed by atoms with Crippen molar-refractivity contribution >= 4 is 75.4 Å². The molecule has 0 saturated heterocycles. The van der Waals surface area contributed by atoms with E-state index in [4.69, 9.17) is 69.6 Å². The minimum atomic E-state index is -1.79. The van der Waals surface area contributed by atoms with Gasteiger partial charge in [-0.3, -0.25) is 4.79 Å². The Bertz CT molecular complexity index is 876.